The first kappa shape index (κ1) is 13.3. The Bertz CT molecular complexity index is 805. The molecular weight excluding hydrogens is 298 g/mol. The summed E-state index contributed by atoms with van der Waals surface area (Å²) in [5.74, 6) is 0.893. The van der Waals surface area contributed by atoms with Gasteiger partial charge < -0.3 is 9.47 Å². The molecule has 3 heterocycles. The van der Waals surface area contributed by atoms with E-state index in [-0.39, 0.29) is 6.10 Å². The summed E-state index contributed by atoms with van der Waals surface area (Å²) in [7, 11) is 0. The molecule has 1 atom stereocenters. The van der Waals surface area contributed by atoms with Crippen molar-refractivity contribution in [3.63, 3.8) is 0 Å². The van der Waals surface area contributed by atoms with Gasteiger partial charge in [-0.05, 0) is 47.7 Å². The first-order chi connectivity index (χ1) is 10.7. The van der Waals surface area contributed by atoms with E-state index in [1.807, 2.05) is 42.6 Å². The van der Waals surface area contributed by atoms with Crippen molar-refractivity contribution in [2.45, 2.75) is 19.4 Å². The van der Waals surface area contributed by atoms with Gasteiger partial charge in [0.05, 0.1) is 4.88 Å². The van der Waals surface area contributed by atoms with Gasteiger partial charge in [-0.2, -0.15) is 0 Å². The second kappa shape index (κ2) is 5.10. The Kier molecular flexibility index (Phi) is 3.08. The molecule has 1 unspecified atom stereocenters. The lowest BCUT2D eigenvalue weighted by Crippen LogP contribution is -2.05. The highest BCUT2D eigenvalue weighted by atomic mass is 32.1. The van der Waals surface area contributed by atoms with Crippen LogP contribution in [-0.4, -0.2) is 18.0 Å². The van der Waals surface area contributed by atoms with Crippen LogP contribution in [0.15, 0.2) is 46.4 Å². The molecule has 4 nitrogen and oxygen atoms in total. The lowest BCUT2D eigenvalue weighted by Gasteiger charge is -2.02. The van der Waals surface area contributed by atoms with Crippen LogP contribution >= 0.6 is 11.3 Å². The van der Waals surface area contributed by atoms with Crippen LogP contribution in [0, 0.1) is 0 Å². The topological polar surface area (TPSA) is 47.9 Å². The number of rotatable bonds is 2. The summed E-state index contributed by atoms with van der Waals surface area (Å²) in [6.45, 7) is 2.05. The van der Waals surface area contributed by atoms with Crippen LogP contribution in [-0.2, 0) is 16.0 Å². The van der Waals surface area contributed by atoms with Crippen LogP contribution in [0.25, 0.3) is 6.08 Å². The molecular formula is C17H13NO3S. The Labute approximate surface area is 131 Å². The fraction of sp³-hybridized carbons (Fsp3) is 0.176. The summed E-state index contributed by atoms with van der Waals surface area (Å²) in [6, 6.07) is 9.69. The lowest BCUT2D eigenvalue weighted by atomic mass is 10.1. The van der Waals surface area contributed by atoms with Gasteiger partial charge in [0.1, 0.15) is 11.9 Å². The van der Waals surface area contributed by atoms with Crippen molar-refractivity contribution in [2.24, 2.45) is 4.99 Å². The normalized spacial score (nSPS) is 21.5. The Morgan fingerprint density at radius 3 is 3.09 bits per heavy atom. The van der Waals surface area contributed by atoms with E-state index in [0.29, 0.717) is 11.6 Å². The molecule has 0 saturated carbocycles. The van der Waals surface area contributed by atoms with E-state index in [1.165, 1.54) is 11.3 Å². The molecule has 2 aliphatic rings. The third-order valence-electron chi connectivity index (χ3n) is 3.58. The number of fused-ring (bicyclic) bond motifs is 1. The predicted octanol–water partition coefficient (Wildman–Crippen LogP) is 3.42. The number of carbonyl (C=O) groups is 1. The molecule has 0 saturated heterocycles. The highest BCUT2D eigenvalue weighted by molar-refractivity contribution is 7.12. The lowest BCUT2D eigenvalue weighted by molar-refractivity contribution is -0.129. The number of aliphatic imine (C=N–C) groups is 1. The maximum Gasteiger partial charge on any atom is 0.363 e. The quantitative estimate of drug-likeness (QED) is 0.631. The number of benzene rings is 1. The fourth-order valence-electron chi connectivity index (χ4n) is 2.60. The number of ether oxygens (including phenoxy) is 2. The molecule has 4 rings (SSSR count). The number of hydrogen-bond acceptors (Lipinski definition) is 5. The zero-order valence-electron chi connectivity index (χ0n) is 11.9. The molecule has 0 fully saturated rings. The highest BCUT2D eigenvalue weighted by Gasteiger charge is 2.25. The van der Waals surface area contributed by atoms with Gasteiger partial charge in [0.25, 0.3) is 0 Å². The molecule has 0 bridgehead atoms. The molecule has 1 aromatic heterocycles. The van der Waals surface area contributed by atoms with Crippen LogP contribution in [0.3, 0.4) is 0 Å². The molecule has 2 aromatic rings. The highest BCUT2D eigenvalue weighted by Crippen LogP contribution is 2.30. The van der Waals surface area contributed by atoms with Crippen molar-refractivity contribution in [3.05, 3.63) is 57.4 Å². The minimum absolute atomic E-state index is 0.206. The minimum Gasteiger partial charge on any atom is -0.490 e. The van der Waals surface area contributed by atoms with Gasteiger partial charge in [0, 0.05) is 6.42 Å². The summed E-state index contributed by atoms with van der Waals surface area (Å²) in [6.07, 6.45) is 2.85. The van der Waals surface area contributed by atoms with Gasteiger partial charge >= 0.3 is 5.97 Å². The van der Waals surface area contributed by atoms with Crippen molar-refractivity contribution in [2.75, 3.05) is 0 Å². The molecule has 0 radical (unpaired) electrons. The first-order valence-electron chi connectivity index (χ1n) is 7.05. The number of carbonyl (C=O) groups excluding carboxylic acids is 1. The van der Waals surface area contributed by atoms with Gasteiger partial charge in [-0.3, -0.25) is 0 Å². The van der Waals surface area contributed by atoms with Gasteiger partial charge in [-0.1, -0.05) is 12.1 Å². The van der Waals surface area contributed by atoms with E-state index >= 15 is 0 Å². The molecule has 0 spiro atoms. The molecule has 22 heavy (non-hydrogen) atoms. The van der Waals surface area contributed by atoms with Crippen molar-refractivity contribution < 1.29 is 14.3 Å². The molecule has 5 heteroatoms. The SMILES string of the molecule is CC1Cc2cc(/C=C3/N=C(c4cccs4)OC3=O)ccc2O1. The van der Waals surface area contributed by atoms with E-state index in [2.05, 4.69) is 4.99 Å². The Hall–Kier alpha value is -2.40. The smallest absolute Gasteiger partial charge is 0.363 e. The molecule has 0 N–H and O–H groups in total. The number of nitrogens with zero attached hydrogens (tertiary/aromatic N) is 1. The summed E-state index contributed by atoms with van der Waals surface area (Å²) < 4.78 is 10.9. The van der Waals surface area contributed by atoms with Gasteiger partial charge in [-0.25, -0.2) is 9.79 Å². The van der Waals surface area contributed by atoms with E-state index in [9.17, 15) is 4.79 Å². The molecule has 2 aliphatic heterocycles. The first-order valence-corrected chi connectivity index (χ1v) is 7.93. The molecule has 110 valence electrons. The molecule has 0 amide bonds. The third-order valence-corrected chi connectivity index (χ3v) is 4.43. The van der Waals surface area contributed by atoms with Crippen molar-refractivity contribution in [3.8, 4) is 5.75 Å². The standard InChI is InChI=1S/C17H13NO3S/c1-10-7-12-8-11(4-5-14(12)20-10)9-13-17(19)21-16(18-13)15-3-2-6-22-15/h2-6,8-10H,7H2,1H3/b13-9+. The third kappa shape index (κ3) is 2.33. The van der Waals surface area contributed by atoms with Crippen LogP contribution in [0.2, 0.25) is 0 Å². The van der Waals surface area contributed by atoms with Crippen LogP contribution < -0.4 is 4.74 Å². The second-order valence-electron chi connectivity index (χ2n) is 5.31. The predicted molar refractivity (Wildman–Crippen MR) is 85.2 cm³/mol. The fourth-order valence-corrected chi connectivity index (χ4v) is 3.25. The van der Waals surface area contributed by atoms with Gasteiger partial charge in [-0.15, -0.1) is 11.3 Å². The summed E-state index contributed by atoms with van der Waals surface area (Å²) in [4.78, 5) is 17.1. The number of esters is 1. The molecule has 1 aromatic carbocycles. The number of cyclic esters (lactones) is 1. The summed E-state index contributed by atoms with van der Waals surface area (Å²) in [5.41, 5.74) is 2.42. The van der Waals surface area contributed by atoms with Crippen LogP contribution in [0.4, 0.5) is 0 Å². The number of hydrogen-bond donors (Lipinski definition) is 0. The maximum absolute atomic E-state index is 11.9. The van der Waals surface area contributed by atoms with E-state index < -0.39 is 5.97 Å². The van der Waals surface area contributed by atoms with Crippen molar-refractivity contribution in [1.82, 2.24) is 0 Å². The summed E-state index contributed by atoms with van der Waals surface area (Å²) >= 11 is 1.50. The maximum atomic E-state index is 11.9. The number of thiophene rings is 1. The van der Waals surface area contributed by atoms with Gasteiger partial charge in [0.15, 0.2) is 5.70 Å². The van der Waals surface area contributed by atoms with Gasteiger partial charge in [0.2, 0.25) is 5.90 Å². The van der Waals surface area contributed by atoms with E-state index in [4.69, 9.17) is 9.47 Å². The van der Waals surface area contributed by atoms with Crippen LogP contribution in [0.5, 0.6) is 5.75 Å². The van der Waals surface area contributed by atoms with Crippen molar-refractivity contribution in [1.29, 1.82) is 0 Å². The minimum atomic E-state index is -0.409. The van der Waals surface area contributed by atoms with Crippen LogP contribution in [0.1, 0.15) is 22.9 Å². The van der Waals surface area contributed by atoms with E-state index in [1.54, 1.807) is 6.08 Å². The van der Waals surface area contributed by atoms with E-state index in [0.717, 1.165) is 28.2 Å². The monoisotopic (exact) mass is 311 g/mol. The van der Waals surface area contributed by atoms with Crippen molar-refractivity contribution >= 4 is 29.3 Å². The summed E-state index contributed by atoms with van der Waals surface area (Å²) in [5, 5.41) is 1.93. The Morgan fingerprint density at radius 2 is 2.27 bits per heavy atom. The largest absolute Gasteiger partial charge is 0.490 e. The average Bonchev–Trinajstić information content (AvgIpc) is 3.18. The second-order valence-corrected chi connectivity index (χ2v) is 6.26. The Morgan fingerprint density at radius 1 is 1.36 bits per heavy atom. The molecule has 0 aliphatic carbocycles. The zero-order chi connectivity index (χ0) is 15.1. The average molecular weight is 311 g/mol. The Balaban J connectivity index is 1.66. The zero-order valence-corrected chi connectivity index (χ0v) is 12.7.